The van der Waals surface area contributed by atoms with Crippen molar-refractivity contribution in [1.29, 1.82) is 0 Å². The minimum absolute atomic E-state index is 0.172. The fourth-order valence-corrected chi connectivity index (χ4v) is 1.95. The first-order valence-electron chi connectivity index (χ1n) is 6.24. The van der Waals surface area contributed by atoms with Crippen molar-refractivity contribution in [1.82, 2.24) is 0 Å². The topological polar surface area (TPSA) is 79.5 Å². The Morgan fingerprint density at radius 2 is 2.00 bits per heavy atom. The van der Waals surface area contributed by atoms with E-state index in [0.717, 1.165) is 0 Å². The van der Waals surface area contributed by atoms with Gasteiger partial charge in [0.25, 0.3) is 5.91 Å². The second-order valence-corrected chi connectivity index (χ2v) is 4.40. The van der Waals surface area contributed by atoms with Gasteiger partial charge in [0.15, 0.2) is 0 Å². The zero-order valence-corrected chi connectivity index (χ0v) is 11.3. The van der Waals surface area contributed by atoms with Gasteiger partial charge in [0.05, 0.1) is 17.4 Å². The molecular weight excluding hydrogens is 258 g/mol. The number of carbonyl (C=O) groups excluding carboxylic acids is 1. The van der Waals surface area contributed by atoms with Gasteiger partial charge < -0.3 is 14.8 Å². The van der Waals surface area contributed by atoms with Crippen molar-refractivity contribution in [2.45, 2.75) is 20.3 Å². The van der Waals surface area contributed by atoms with Crippen molar-refractivity contribution in [2.75, 3.05) is 5.32 Å². The van der Waals surface area contributed by atoms with Crippen LogP contribution in [0, 0.1) is 6.92 Å². The maximum atomic E-state index is 12.1. The predicted octanol–water partition coefficient (Wildman–Crippen LogP) is 3.10. The summed E-state index contributed by atoms with van der Waals surface area (Å²) in [5.41, 5.74) is 1.73. The number of rotatable bonds is 4. The molecule has 1 aromatic carbocycles. The van der Waals surface area contributed by atoms with Crippen LogP contribution in [0.5, 0.6) is 0 Å². The third-order valence-corrected chi connectivity index (χ3v) is 3.04. The Hall–Kier alpha value is -2.56. The second kappa shape index (κ2) is 5.61. The van der Waals surface area contributed by atoms with Crippen molar-refractivity contribution < 1.29 is 19.1 Å². The van der Waals surface area contributed by atoms with Crippen LogP contribution < -0.4 is 5.32 Å². The highest BCUT2D eigenvalue weighted by molar-refractivity contribution is 6.05. The van der Waals surface area contributed by atoms with Gasteiger partial charge >= 0.3 is 5.97 Å². The molecular formula is C15H15NO4. The lowest BCUT2D eigenvalue weighted by Gasteiger charge is -2.07. The summed E-state index contributed by atoms with van der Waals surface area (Å²) < 4.78 is 5.20. The average molecular weight is 273 g/mol. The predicted molar refractivity (Wildman–Crippen MR) is 74.2 cm³/mol. The number of amides is 1. The van der Waals surface area contributed by atoms with Crippen LogP contribution in [0.25, 0.3) is 0 Å². The van der Waals surface area contributed by atoms with E-state index in [1.165, 1.54) is 12.3 Å². The van der Waals surface area contributed by atoms with Crippen molar-refractivity contribution in [3.05, 3.63) is 53.0 Å². The Morgan fingerprint density at radius 1 is 1.25 bits per heavy atom. The van der Waals surface area contributed by atoms with E-state index in [1.807, 2.05) is 6.92 Å². The maximum Gasteiger partial charge on any atom is 0.336 e. The second-order valence-electron chi connectivity index (χ2n) is 4.40. The summed E-state index contributed by atoms with van der Waals surface area (Å²) in [6, 6.07) is 6.38. The lowest BCUT2D eigenvalue weighted by atomic mass is 10.1. The molecule has 0 saturated heterocycles. The molecule has 0 aliphatic rings. The number of aryl methyl sites for hydroxylation is 2. The molecule has 0 unspecified atom stereocenters. The molecule has 0 aliphatic heterocycles. The molecule has 1 aromatic heterocycles. The minimum atomic E-state index is -1.02. The summed E-state index contributed by atoms with van der Waals surface area (Å²) in [4.78, 5) is 23.2. The molecule has 2 rings (SSSR count). The number of carboxylic acids is 1. The van der Waals surface area contributed by atoms with Gasteiger partial charge in [0.2, 0.25) is 0 Å². The molecule has 0 aliphatic carbocycles. The number of anilines is 1. The molecule has 0 saturated carbocycles. The molecule has 0 spiro atoms. The molecule has 0 bridgehead atoms. The number of hydrogen-bond acceptors (Lipinski definition) is 3. The van der Waals surface area contributed by atoms with Gasteiger partial charge in [-0.05, 0) is 30.7 Å². The molecule has 2 aromatic rings. The summed E-state index contributed by atoms with van der Waals surface area (Å²) in [7, 11) is 0. The van der Waals surface area contributed by atoms with Crippen molar-refractivity contribution >= 4 is 17.6 Å². The van der Waals surface area contributed by atoms with Crippen LogP contribution in [0.1, 0.15) is 39.0 Å². The van der Waals surface area contributed by atoms with Gasteiger partial charge in [0.1, 0.15) is 5.76 Å². The average Bonchev–Trinajstić information content (AvgIpc) is 2.89. The van der Waals surface area contributed by atoms with Crippen molar-refractivity contribution in [2.24, 2.45) is 0 Å². The molecule has 1 heterocycles. The monoisotopic (exact) mass is 273 g/mol. The zero-order chi connectivity index (χ0) is 14.7. The Balaban J connectivity index is 2.24. The van der Waals surface area contributed by atoms with Gasteiger partial charge in [-0.3, -0.25) is 4.79 Å². The SMILES string of the molecule is CCc1occc1C(=O)Nc1ccc(C)c(C(=O)O)c1. The molecule has 1 amide bonds. The third-order valence-electron chi connectivity index (χ3n) is 3.04. The third kappa shape index (κ3) is 2.71. The fourth-order valence-electron chi connectivity index (χ4n) is 1.95. The van der Waals surface area contributed by atoms with E-state index in [1.54, 1.807) is 25.1 Å². The number of carbonyl (C=O) groups is 2. The summed E-state index contributed by atoms with van der Waals surface area (Å²) in [5, 5.41) is 11.7. The first-order chi connectivity index (χ1) is 9.52. The highest BCUT2D eigenvalue weighted by Gasteiger charge is 2.14. The largest absolute Gasteiger partial charge is 0.478 e. The number of hydrogen-bond donors (Lipinski definition) is 2. The molecule has 5 nitrogen and oxygen atoms in total. The number of nitrogens with one attached hydrogen (secondary N) is 1. The van der Waals surface area contributed by atoms with E-state index < -0.39 is 5.97 Å². The molecule has 20 heavy (non-hydrogen) atoms. The highest BCUT2D eigenvalue weighted by atomic mass is 16.4. The van der Waals surface area contributed by atoms with Crippen LogP contribution in [0.4, 0.5) is 5.69 Å². The van der Waals surface area contributed by atoms with Gasteiger partial charge in [-0.1, -0.05) is 13.0 Å². The zero-order valence-electron chi connectivity index (χ0n) is 11.3. The summed E-state index contributed by atoms with van der Waals surface area (Å²) in [6.07, 6.45) is 2.08. The van der Waals surface area contributed by atoms with Gasteiger partial charge in [0, 0.05) is 12.1 Å². The van der Waals surface area contributed by atoms with Crippen LogP contribution in [0.3, 0.4) is 0 Å². The Bertz CT molecular complexity index is 658. The lowest BCUT2D eigenvalue weighted by molar-refractivity contribution is 0.0695. The first-order valence-corrected chi connectivity index (χ1v) is 6.24. The van der Waals surface area contributed by atoms with Gasteiger partial charge in [-0.15, -0.1) is 0 Å². The van der Waals surface area contributed by atoms with E-state index in [-0.39, 0.29) is 11.5 Å². The number of carboxylic acid groups (broad SMARTS) is 1. The Morgan fingerprint density at radius 3 is 2.65 bits per heavy atom. The van der Waals surface area contributed by atoms with Crippen molar-refractivity contribution in [3.63, 3.8) is 0 Å². The Labute approximate surface area is 116 Å². The van der Waals surface area contributed by atoms with Crippen LogP contribution in [0.2, 0.25) is 0 Å². The molecule has 2 N–H and O–H groups in total. The van der Waals surface area contributed by atoms with E-state index in [4.69, 9.17) is 9.52 Å². The number of benzene rings is 1. The summed E-state index contributed by atoms with van der Waals surface area (Å²) in [5.74, 6) is -0.722. The molecule has 0 atom stereocenters. The first kappa shape index (κ1) is 13.9. The minimum Gasteiger partial charge on any atom is -0.478 e. The van der Waals surface area contributed by atoms with E-state index in [0.29, 0.717) is 29.0 Å². The Kier molecular flexibility index (Phi) is 3.89. The van der Waals surface area contributed by atoms with E-state index >= 15 is 0 Å². The molecule has 0 fully saturated rings. The normalized spacial score (nSPS) is 10.3. The van der Waals surface area contributed by atoms with Crippen LogP contribution >= 0.6 is 0 Å². The standard InChI is InChI=1S/C15H15NO4/c1-3-13-11(6-7-20-13)14(17)16-10-5-4-9(2)12(8-10)15(18)19/h4-8H,3H2,1-2H3,(H,16,17)(H,18,19). The maximum absolute atomic E-state index is 12.1. The van der Waals surface area contributed by atoms with Crippen molar-refractivity contribution in [3.8, 4) is 0 Å². The highest BCUT2D eigenvalue weighted by Crippen LogP contribution is 2.18. The number of furan rings is 1. The van der Waals surface area contributed by atoms with Crippen LogP contribution in [-0.2, 0) is 6.42 Å². The van der Waals surface area contributed by atoms with Gasteiger partial charge in [-0.2, -0.15) is 0 Å². The fraction of sp³-hybridized carbons (Fsp3) is 0.200. The van der Waals surface area contributed by atoms with Gasteiger partial charge in [-0.25, -0.2) is 4.79 Å². The molecule has 104 valence electrons. The van der Waals surface area contributed by atoms with E-state index in [2.05, 4.69) is 5.32 Å². The molecule has 0 radical (unpaired) electrons. The van der Waals surface area contributed by atoms with Crippen LogP contribution in [-0.4, -0.2) is 17.0 Å². The number of aromatic carboxylic acids is 1. The smallest absolute Gasteiger partial charge is 0.336 e. The summed E-state index contributed by atoms with van der Waals surface area (Å²) >= 11 is 0. The lowest BCUT2D eigenvalue weighted by Crippen LogP contribution is -2.13. The summed E-state index contributed by atoms with van der Waals surface area (Å²) in [6.45, 7) is 3.60. The molecule has 5 heteroatoms. The quantitative estimate of drug-likeness (QED) is 0.897. The van der Waals surface area contributed by atoms with E-state index in [9.17, 15) is 9.59 Å². The van der Waals surface area contributed by atoms with Crippen LogP contribution in [0.15, 0.2) is 34.9 Å².